The Hall–Kier alpha value is -3.11. The van der Waals surface area contributed by atoms with E-state index in [1.165, 1.54) is 0 Å². The van der Waals surface area contributed by atoms with Crippen LogP contribution in [0.5, 0.6) is 23.0 Å². The first-order valence-electron chi connectivity index (χ1n) is 10.1. The maximum Gasteiger partial charge on any atom is 0.176 e. The second-order valence-corrected chi connectivity index (χ2v) is 8.53. The number of hydrogen-bond acceptors (Lipinski definition) is 4. The summed E-state index contributed by atoms with van der Waals surface area (Å²) < 4.78 is 12.2. The Balaban J connectivity index is 1.91. The number of carbonyl (C=O) groups excluding carboxylic acids is 1. The molecule has 3 rings (SSSR count). The third-order valence-electron chi connectivity index (χ3n) is 4.48. The fourth-order valence-electron chi connectivity index (χ4n) is 2.90. The Bertz CT molecular complexity index is 1030. The highest BCUT2D eigenvalue weighted by atomic mass is 16.5. The molecular formula is C26H29NO3. The molecule has 0 saturated heterocycles. The van der Waals surface area contributed by atoms with Crippen LogP contribution in [0.3, 0.4) is 0 Å². The van der Waals surface area contributed by atoms with Gasteiger partial charge >= 0.3 is 0 Å². The summed E-state index contributed by atoms with van der Waals surface area (Å²) in [5.41, 5.74) is 2.64. The molecular weight excluding hydrogens is 374 g/mol. The van der Waals surface area contributed by atoms with Gasteiger partial charge in [0.05, 0.1) is 6.54 Å². The van der Waals surface area contributed by atoms with Crippen molar-refractivity contribution in [2.45, 2.75) is 40.2 Å². The summed E-state index contributed by atoms with van der Waals surface area (Å²) in [6.45, 7) is 10.4. The Kier molecular flexibility index (Phi) is 6.58. The summed E-state index contributed by atoms with van der Waals surface area (Å²) in [5.74, 6) is 2.48. The monoisotopic (exact) mass is 403 g/mol. The molecule has 3 aromatic rings. The maximum absolute atomic E-state index is 12.7. The van der Waals surface area contributed by atoms with Crippen LogP contribution >= 0.6 is 0 Å². The van der Waals surface area contributed by atoms with Gasteiger partial charge in [-0.15, -0.1) is 0 Å². The largest absolute Gasteiger partial charge is 0.453 e. The zero-order chi connectivity index (χ0) is 21.7. The quantitative estimate of drug-likeness (QED) is 0.460. The number of Topliss-reactive ketones (excluding diaryl/α,β-unsaturated/α-hetero) is 1. The van der Waals surface area contributed by atoms with Crippen molar-refractivity contribution in [2.24, 2.45) is 0 Å². The van der Waals surface area contributed by atoms with Crippen molar-refractivity contribution < 1.29 is 14.3 Å². The van der Waals surface area contributed by atoms with Gasteiger partial charge in [0.25, 0.3) is 0 Å². The van der Waals surface area contributed by atoms with Crippen LogP contribution in [0.15, 0.2) is 66.7 Å². The predicted octanol–water partition coefficient (Wildman–Crippen LogP) is 6.46. The number of ether oxygens (including phenoxy) is 2. The average Bonchev–Trinajstić information content (AvgIpc) is 2.67. The van der Waals surface area contributed by atoms with E-state index in [4.69, 9.17) is 9.47 Å². The molecule has 3 aromatic carbocycles. The molecule has 0 aliphatic carbocycles. The van der Waals surface area contributed by atoms with Crippen molar-refractivity contribution in [3.8, 4) is 23.0 Å². The number of rotatable bonds is 7. The van der Waals surface area contributed by atoms with Crippen molar-refractivity contribution in [1.82, 2.24) is 5.32 Å². The molecule has 0 aliphatic heterocycles. The smallest absolute Gasteiger partial charge is 0.176 e. The topological polar surface area (TPSA) is 47.6 Å². The first-order chi connectivity index (χ1) is 14.2. The van der Waals surface area contributed by atoms with E-state index in [-0.39, 0.29) is 17.9 Å². The molecule has 0 heterocycles. The van der Waals surface area contributed by atoms with Gasteiger partial charge in [0.1, 0.15) is 11.5 Å². The lowest BCUT2D eigenvalue weighted by atomic mass is 10.1. The van der Waals surface area contributed by atoms with Gasteiger partial charge in [-0.25, -0.2) is 0 Å². The second-order valence-electron chi connectivity index (χ2n) is 8.53. The van der Waals surface area contributed by atoms with E-state index < -0.39 is 0 Å². The summed E-state index contributed by atoms with van der Waals surface area (Å²) in [7, 11) is 0. The van der Waals surface area contributed by atoms with Gasteiger partial charge in [-0.05, 0) is 88.2 Å². The van der Waals surface area contributed by atoms with Crippen molar-refractivity contribution in [3.63, 3.8) is 0 Å². The van der Waals surface area contributed by atoms with Crippen molar-refractivity contribution >= 4 is 5.78 Å². The first-order valence-corrected chi connectivity index (χ1v) is 10.1. The van der Waals surface area contributed by atoms with Crippen molar-refractivity contribution in [1.29, 1.82) is 0 Å². The molecule has 0 atom stereocenters. The summed E-state index contributed by atoms with van der Waals surface area (Å²) in [6, 6.07) is 20.9. The third-order valence-corrected chi connectivity index (χ3v) is 4.48. The minimum Gasteiger partial charge on any atom is -0.453 e. The van der Waals surface area contributed by atoms with E-state index in [1.54, 1.807) is 18.2 Å². The number of hydrogen-bond donors (Lipinski definition) is 1. The molecule has 4 heteroatoms. The van der Waals surface area contributed by atoms with Crippen LogP contribution < -0.4 is 14.8 Å². The first kappa shape index (κ1) is 21.6. The lowest BCUT2D eigenvalue weighted by molar-refractivity contribution is 0.0981. The fraction of sp³-hybridized carbons (Fsp3) is 0.269. The van der Waals surface area contributed by atoms with E-state index in [1.807, 2.05) is 83.1 Å². The van der Waals surface area contributed by atoms with Gasteiger partial charge in [0.2, 0.25) is 0 Å². The lowest BCUT2D eigenvalue weighted by Gasteiger charge is -2.20. The number of aryl methyl sites for hydroxylation is 2. The highest BCUT2D eigenvalue weighted by Crippen LogP contribution is 2.36. The highest BCUT2D eigenvalue weighted by molar-refractivity contribution is 5.98. The van der Waals surface area contributed by atoms with Gasteiger partial charge < -0.3 is 14.8 Å². The summed E-state index contributed by atoms with van der Waals surface area (Å²) >= 11 is 0. The SMILES string of the molecule is Cc1cccc(Oc2ccc(C(=O)CNC(C)(C)C)cc2Oc2cccc(C)c2)c1. The standard InChI is InChI=1S/C26H29NO3/c1-18-8-6-10-21(14-18)29-24-13-12-20(23(28)17-27-26(3,4)5)16-25(24)30-22-11-7-9-19(2)15-22/h6-16,27H,17H2,1-5H3. The average molecular weight is 404 g/mol. The van der Waals surface area contributed by atoms with E-state index in [0.717, 1.165) is 16.9 Å². The summed E-state index contributed by atoms with van der Waals surface area (Å²) in [5, 5.41) is 3.24. The molecule has 156 valence electrons. The zero-order valence-corrected chi connectivity index (χ0v) is 18.3. The van der Waals surface area contributed by atoms with Crippen molar-refractivity contribution in [2.75, 3.05) is 6.54 Å². The fourth-order valence-corrected chi connectivity index (χ4v) is 2.90. The molecule has 0 amide bonds. The molecule has 0 bridgehead atoms. The van der Waals surface area contributed by atoms with Crippen LogP contribution in [-0.4, -0.2) is 17.9 Å². The number of carbonyl (C=O) groups is 1. The molecule has 0 aliphatic rings. The highest BCUT2D eigenvalue weighted by Gasteiger charge is 2.16. The van der Waals surface area contributed by atoms with Crippen LogP contribution in [0.1, 0.15) is 42.3 Å². The van der Waals surface area contributed by atoms with Gasteiger partial charge in [-0.2, -0.15) is 0 Å². The molecule has 0 unspecified atom stereocenters. The van der Waals surface area contributed by atoms with Crippen LogP contribution in [0, 0.1) is 13.8 Å². The molecule has 1 N–H and O–H groups in total. The maximum atomic E-state index is 12.7. The number of ketones is 1. The Morgan fingerprint density at radius 1 is 0.800 bits per heavy atom. The molecule has 30 heavy (non-hydrogen) atoms. The number of benzene rings is 3. The van der Waals surface area contributed by atoms with Gasteiger partial charge in [0, 0.05) is 11.1 Å². The van der Waals surface area contributed by atoms with Crippen molar-refractivity contribution in [3.05, 3.63) is 83.4 Å². The molecule has 4 nitrogen and oxygen atoms in total. The van der Waals surface area contributed by atoms with Gasteiger partial charge in [-0.1, -0.05) is 24.3 Å². The lowest BCUT2D eigenvalue weighted by Crippen LogP contribution is -2.39. The molecule has 0 aromatic heterocycles. The van der Waals surface area contributed by atoms with E-state index >= 15 is 0 Å². The van der Waals surface area contributed by atoms with Crippen LogP contribution in [0.2, 0.25) is 0 Å². The zero-order valence-electron chi connectivity index (χ0n) is 18.3. The Morgan fingerprint density at radius 3 is 1.90 bits per heavy atom. The Labute approximate surface area is 178 Å². The normalized spacial score (nSPS) is 11.2. The molecule has 0 radical (unpaired) electrons. The minimum absolute atomic E-state index is 0.00104. The third kappa shape index (κ3) is 6.19. The Morgan fingerprint density at radius 2 is 1.37 bits per heavy atom. The minimum atomic E-state index is -0.134. The van der Waals surface area contributed by atoms with Crippen LogP contribution in [0.4, 0.5) is 0 Å². The van der Waals surface area contributed by atoms with Crippen LogP contribution in [-0.2, 0) is 0 Å². The van der Waals surface area contributed by atoms with Gasteiger partial charge in [-0.3, -0.25) is 4.79 Å². The summed E-state index contributed by atoms with van der Waals surface area (Å²) in [6.07, 6.45) is 0. The number of nitrogens with one attached hydrogen (secondary N) is 1. The van der Waals surface area contributed by atoms with Crippen LogP contribution in [0.25, 0.3) is 0 Å². The molecule has 0 fully saturated rings. The molecule has 0 saturated carbocycles. The summed E-state index contributed by atoms with van der Waals surface area (Å²) in [4.78, 5) is 12.7. The van der Waals surface area contributed by atoms with Gasteiger partial charge in [0.15, 0.2) is 17.3 Å². The van der Waals surface area contributed by atoms with E-state index in [0.29, 0.717) is 22.8 Å². The predicted molar refractivity (Wildman–Crippen MR) is 121 cm³/mol. The van der Waals surface area contributed by atoms with E-state index in [9.17, 15) is 4.79 Å². The molecule has 0 spiro atoms. The van der Waals surface area contributed by atoms with E-state index in [2.05, 4.69) is 5.32 Å². The second kappa shape index (κ2) is 9.14.